The molecule has 0 spiro atoms. The summed E-state index contributed by atoms with van der Waals surface area (Å²) in [6.07, 6.45) is 0. The van der Waals surface area contributed by atoms with Gasteiger partial charge in [-0.1, -0.05) is 0 Å². The molecule has 0 bridgehead atoms. The number of hydrogen-bond acceptors (Lipinski definition) is 7. The highest BCUT2D eigenvalue weighted by Gasteiger charge is 2.05. The fraction of sp³-hybridized carbons (Fsp3) is 0.250. The number of anilines is 1. The monoisotopic (exact) mass is 329 g/mol. The molecule has 8 nitrogen and oxygen atoms in total. The van der Waals surface area contributed by atoms with Gasteiger partial charge in [0.25, 0.3) is 5.69 Å². The highest BCUT2D eigenvalue weighted by Crippen LogP contribution is 2.23. The van der Waals surface area contributed by atoms with Crippen molar-refractivity contribution in [3.63, 3.8) is 0 Å². The zero-order valence-electron chi connectivity index (χ0n) is 13.1. The number of azo groups is 1. The zero-order valence-corrected chi connectivity index (χ0v) is 13.1. The van der Waals surface area contributed by atoms with Crippen LogP contribution in [-0.2, 0) is 0 Å². The number of nitro benzene ring substituents is 1. The molecule has 0 fully saturated rings. The van der Waals surface area contributed by atoms with Crippen molar-refractivity contribution in [2.24, 2.45) is 16.0 Å². The summed E-state index contributed by atoms with van der Waals surface area (Å²) in [5, 5.41) is 27.8. The van der Waals surface area contributed by atoms with Gasteiger partial charge in [-0.2, -0.15) is 10.2 Å². The largest absolute Gasteiger partial charge is 0.395 e. The fourth-order valence-corrected chi connectivity index (χ4v) is 2.13. The van der Waals surface area contributed by atoms with Crippen LogP contribution in [0.15, 0.2) is 58.8 Å². The fourth-order valence-electron chi connectivity index (χ4n) is 2.13. The Labute approximate surface area is 139 Å². The number of non-ortho nitro benzene ring substituents is 1. The minimum absolute atomic E-state index is 0.0159. The van der Waals surface area contributed by atoms with E-state index in [1.165, 1.54) is 12.1 Å². The predicted molar refractivity (Wildman–Crippen MR) is 92.1 cm³/mol. The maximum absolute atomic E-state index is 10.6. The lowest BCUT2D eigenvalue weighted by Crippen LogP contribution is -2.31. The molecule has 0 radical (unpaired) electrons. The van der Waals surface area contributed by atoms with E-state index >= 15 is 0 Å². The van der Waals surface area contributed by atoms with Crippen molar-refractivity contribution in [1.82, 2.24) is 0 Å². The third-order valence-corrected chi connectivity index (χ3v) is 3.33. The standard InChI is InChI=1S/C16H19N5O3/c17-9-10-20(11-12-22)15-5-1-13(2-6-15)18-19-14-3-7-16(8-4-14)21(23)24/h1-8,22H,9-12,17H2. The molecule has 0 atom stereocenters. The van der Waals surface area contributed by atoms with E-state index in [1.54, 1.807) is 12.1 Å². The highest BCUT2D eigenvalue weighted by molar-refractivity contribution is 5.53. The van der Waals surface area contributed by atoms with Crippen molar-refractivity contribution in [2.75, 3.05) is 31.1 Å². The number of hydrogen-bond donors (Lipinski definition) is 2. The summed E-state index contributed by atoms with van der Waals surface area (Å²) in [4.78, 5) is 12.1. The second-order valence-corrected chi connectivity index (χ2v) is 4.99. The molecule has 2 rings (SSSR count). The van der Waals surface area contributed by atoms with E-state index in [4.69, 9.17) is 10.8 Å². The molecule has 126 valence electrons. The molecule has 0 heterocycles. The maximum Gasteiger partial charge on any atom is 0.269 e. The third-order valence-electron chi connectivity index (χ3n) is 3.33. The Morgan fingerprint density at radius 3 is 2.00 bits per heavy atom. The normalized spacial score (nSPS) is 10.9. The van der Waals surface area contributed by atoms with Gasteiger partial charge >= 0.3 is 0 Å². The summed E-state index contributed by atoms with van der Waals surface area (Å²) < 4.78 is 0. The van der Waals surface area contributed by atoms with E-state index in [1.807, 2.05) is 29.2 Å². The average Bonchev–Trinajstić information content (AvgIpc) is 2.60. The van der Waals surface area contributed by atoms with E-state index < -0.39 is 4.92 Å². The van der Waals surface area contributed by atoms with Gasteiger partial charge in [0.2, 0.25) is 0 Å². The van der Waals surface area contributed by atoms with Gasteiger partial charge in [0.05, 0.1) is 22.9 Å². The predicted octanol–water partition coefficient (Wildman–Crippen LogP) is 2.77. The van der Waals surface area contributed by atoms with Gasteiger partial charge in [0.15, 0.2) is 0 Å². The number of rotatable bonds is 8. The SMILES string of the molecule is NCCN(CCO)c1ccc(N=Nc2ccc([N+](=O)[O-])cc2)cc1. The molecule has 0 saturated carbocycles. The van der Waals surface area contributed by atoms with Crippen LogP contribution in [0.2, 0.25) is 0 Å². The van der Waals surface area contributed by atoms with E-state index in [2.05, 4.69) is 10.2 Å². The Bertz CT molecular complexity index is 680. The van der Waals surface area contributed by atoms with Crippen molar-refractivity contribution < 1.29 is 10.0 Å². The Hall–Kier alpha value is -2.84. The molecule has 0 unspecified atom stereocenters. The van der Waals surface area contributed by atoms with Gasteiger partial charge in [-0.15, -0.1) is 0 Å². The Balaban J connectivity index is 2.06. The molecular formula is C16H19N5O3. The Morgan fingerprint density at radius 2 is 1.54 bits per heavy atom. The Kier molecular flexibility index (Phi) is 6.35. The first-order chi connectivity index (χ1) is 11.6. The first-order valence-electron chi connectivity index (χ1n) is 7.46. The number of aliphatic hydroxyl groups is 1. The third kappa shape index (κ3) is 4.83. The van der Waals surface area contributed by atoms with E-state index in [0.717, 1.165) is 5.69 Å². The minimum Gasteiger partial charge on any atom is -0.395 e. The number of nitrogens with zero attached hydrogens (tertiary/aromatic N) is 4. The van der Waals surface area contributed by atoms with Crippen LogP contribution < -0.4 is 10.6 Å². The van der Waals surface area contributed by atoms with Crippen LogP contribution in [0.25, 0.3) is 0 Å². The van der Waals surface area contributed by atoms with Gasteiger partial charge < -0.3 is 15.7 Å². The van der Waals surface area contributed by atoms with Crippen molar-refractivity contribution in [1.29, 1.82) is 0 Å². The van der Waals surface area contributed by atoms with E-state index in [0.29, 0.717) is 31.0 Å². The number of nitrogens with two attached hydrogens (primary N) is 1. The summed E-state index contributed by atoms with van der Waals surface area (Å²) in [7, 11) is 0. The lowest BCUT2D eigenvalue weighted by atomic mass is 10.2. The minimum atomic E-state index is -0.459. The van der Waals surface area contributed by atoms with Gasteiger partial charge in [0, 0.05) is 37.5 Å². The lowest BCUT2D eigenvalue weighted by Gasteiger charge is -2.23. The van der Waals surface area contributed by atoms with Crippen LogP contribution >= 0.6 is 0 Å². The van der Waals surface area contributed by atoms with Crippen LogP contribution in [0.1, 0.15) is 0 Å². The van der Waals surface area contributed by atoms with Crippen molar-refractivity contribution in [2.45, 2.75) is 0 Å². The maximum atomic E-state index is 10.6. The van der Waals surface area contributed by atoms with Gasteiger partial charge in [-0.3, -0.25) is 10.1 Å². The Morgan fingerprint density at radius 1 is 1.00 bits per heavy atom. The van der Waals surface area contributed by atoms with Crippen LogP contribution in [0.5, 0.6) is 0 Å². The highest BCUT2D eigenvalue weighted by atomic mass is 16.6. The summed E-state index contributed by atoms with van der Waals surface area (Å²) in [5.74, 6) is 0. The quantitative estimate of drug-likeness (QED) is 0.438. The van der Waals surface area contributed by atoms with Gasteiger partial charge in [0.1, 0.15) is 0 Å². The molecule has 24 heavy (non-hydrogen) atoms. The summed E-state index contributed by atoms with van der Waals surface area (Å²) in [6.45, 7) is 1.73. The van der Waals surface area contributed by atoms with E-state index in [9.17, 15) is 10.1 Å². The van der Waals surface area contributed by atoms with Crippen LogP contribution in [0, 0.1) is 10.1 Å². The first-order valence-corrected chi connectivity index (χ1v) is 7.46. The van der Waals surface area contributed by atoms with Crippen molar-refractivity contribution >= 4 is 22.7 Å². The van der Waals surface area contributed by atoms with Crippen LogP contribution in [-0.4, -0.2) is 36.3 Å². The lowest BCUT2D eigenvalue weighted by molar-refractivity contribution is -0.384. The molecule has 0 aromatic heterocycles. The first kappa shape index (κ1) is 17.5. The second-order valence-electron chi connectivity index (χ2n) is 4.99. The zero-order chi connectivity index (χ0) is 17.4. The molecule has 3 N–H and O–H groups in total. The summed E-state index contributed by atoms with van der Waals surface area (Å²) in [5.41, 5.74) is 7.73. The molecule has 0 aliphatic heterocycles. The molecule has 0 aliphatic rings. The van der Waals surface area contributed by atoms with Gasteiger partial charge in [-0.25, -0.2) is 0 Å². The smallest absolute Gasteiger partial charge is 0.269 e. The summed E-state index contributed by atoms with van der Waals surface area (Å²) in [6, 6.07) is 13.2. The van der Waals surface area contributed by atoms with E-state index in [-0.39, 0.29) is 12.3 Å². The van der Waals surface area contributed by atoms with Crippen LogP contribution in [0.4, 0.5) is 22.7 Å². The molecule has 0 amide bonds. The molecule has 2 aromatic carbocycles. The van der Waals surface area contributed by atoms with Gasteiger partial charge in [-0.05, 0) is 36.4 Å². The van der Waals surface area contributed by atoms with Crippen molar-refractivity contribution in [3.05, 3.63) is 58.6 Å². The summed E-state index contributed by atoms with van der Waals surface area (Å²) >= 11 is 0. The second kappa shape index (κ2) is 8.70. The van der Waals surface area contributed by atoms with Crippen molar-refractivity contribution in [3.8, 4) is 0 Å². The molecule has 2 aromatic rings. The number of aliphatic hydroxyl groups excluding tert-OH is 1. The molecule has 0 aliphatic carbocycles. The van der Waals surface area contributed by atoms with Crippen LogP contribution in [0.3, 0.4) is 0 Å². The molecular weight excluding hydrogens is 310 g/mol. The topological polar surface area (TPSA) is 117 Å². The molecule has 0 saturated heterocycles. The number of nitro groups is 1. The average molecular weight is 329 g/mol. The number of benzene rings is 2. The molecule has 8 heteroatoms.